The number of carbonyl (C=O) groups excluding carboxylic acids is 1. The monoisotopic (exact) mass is 167 g/mol. The third-order valence-electron chi connectivity index (χ3n) is 3.10. The second-order valence-corrected chi connectivity index (χ2v) is 4.62. The Morgan fingerprint density at radius 3 is 2.17 bits per heavy atom. The first-order chi connectivity index (χ1) is 5.66. The average Bonchev–Trinajstić information content (AvgIpc) is 1.91. The molecule has 1 heterocycles. The zero-order chi connectivity index (χ0) is 8.72. The van der Waals surface area contributed by atoms with Crippen molar-refractivity contribution in [2.24, 2.45) is 17.8 Å². The molecule has 2 heteroatoms. The summed E-state index contributed by atoms with van der Waals surface area (Å²) in [6, 6.07) is 0. The number of hydrogen-bond acceptors (Lipinski definition) is 1. The molecule has 12 heavy (non-hydrogen) atoms. The summed E-state index contributed by atoms with van der Waals surface area (Å²) in [5.41, 5.74) is 0. The van der Waals surface area contributed by atoms with Gasteiger partial charge in [0, 0.05) is 19.0 Å². The number of rotatable bonds is 1. The number of nitrogens with zero attached hydrogens (tertiary/aromatic N) is 1. The van der Waals surface area contributed by atoms with Gasteiger partial charge in [-0.05, 0) is 24.7 Å². The molecule has 2 rings (SSSR count). The highest BCUT2D eigenvalue weighted by atomic mass is 16.2. The van der Waals surface area contributed by atoms with Crippen LogP contribution in [0.25, 0.3) is 0 Å². The van der Waals surface area contributed by atoms with Gasteiger partial charge in [-0.15, -0.1) is 0 Å². The molecular weight excluding hydrogens is 150 g/mol. The largest absolute Gasteiger partial charge is 0.342 e. The van der Waals surface area contributed by atoms with Crippen LogP contribution >= 0.6 is 0 Å². The smallest absolute Gasteiger partial charge is 0.225 e. The van der Waals surface area contributed by atoms with E-state index in [0.29, 0.717) is 11.8 Å². The van der Waals surface area contributed by atoms with Gasteiger partial charge in [0.25, 0.3) is 0 Å². The van der Waals surface area contributed by atoms with Crippen LogP contribution in [0.5, 0.6) is 0 Å². The van der Waals surface area contributed by atoms with E-state index in [0.717, 1.165) is 37.8 Å². The number of hydrogen-bond donors (Lipinski definition) is 0. The summed E-state index contributed by atoms with van der Waals surface area (Å²) in [6.07, 6.45) is 2.26. The molecule has 0 aromatic rings. The average molecular weight is 167 g/mol. The van der Waals surface area contributed by atoms with Crippen LogP contribution in [0.15, 0.2) is 0 Å². The third-order valence-corrected chi connectivity index (χ3v) is 3.10. The standard InChI is InChI=1S/C10H17NO/c1-7-3-9(4-7)10(12)11-5-8(2)6-11/h7-9H,3-6H2,1-2H3. The van der Waals surface area contributed by atoms with Crippen LogP contribution in [0.3, 0.4) is 0 Å². The Kier molecular flexibility index (Phi) is 1.85. The molecule has 1 aliphatic carbocycles. The minimum absolute atomic E-state index is 0.382. The summed E-state index contributed by atoms with van der Waals surface area (Å²) >= 11 is 0. The maximum atomic E-state index is 11.6. The van der Waals surface area contributed by atoms with E-state index in [-0.39, 0.29) is 0 Å². The highest BCUT2D eigenvalue weighted by Crippen LogP contribution is 2.35. The van der Waals surface area contributed by atoms with Gasteiger partial charge in [-0.25, -0.2) is 0 Å². The molecule has 0 radical (unpaired) electrons. The number of amides is 1. The summed E-state index contributed by atoms with van der Waals surface area (Å²) in [6.45, 7) is 6.43. The zero-order valence-corrected chi connectivity index (χ0v) is 7.92. The van der Waals surface area contributed by atoms with Crippen LogP contribution in [0.1, 0.15) is 26.7 Å². The molecule has 0 aromatic carbocycles. The minimum Gasteiger partial charge on any atom is -0.342 e. The van der Waals surface area contributed by atoms with Crippen LogP contribution in [0.4, 0.5) is 0 Å². The molecule has 68 valence electrons. The van der Waals surface area contributed by atoms with Gasteiger partial charge in [-0.1, -0.05) is 13.8 Å². The maximum Gasteiger partial charge on any atom is 0.225 e. The van der Waals surface area contributed by atoms with Crippen molar-refractivity contribution >= 4 is 5.91 Å². The van der Waals surface area contributed by atoms with Gasteiger partial charge in [0.05, 0.1) is 0 Å². The van der Waals surface area contributed by atoms with E-state index in [1.165, 1.54) is 0 Å². The van der Waals surface area contributed by atoms with E-state index < -0.39 is 0 Å². The zero-order valence-electron chi connectivity index (χ0n) is 7.92. The molecule has 2 aliphatic rings. The molecule has 0 unspecified atom stereocenters. The molecule has 1 amide bonds. The van der Waals surface area contributed by atoms with Crippen molar-refractivity contribution in [2.75, 3.05) is 13.1 Å². The second kappa shape index (κ2) is 2.75. The van der Waals surface area contributed by atoms with E-state index in [2.05, 4.69) is 13.8 Å². The molecular formula is C10H17NO. The molecule has 0 spiro atoms. The molecule has 2 nitrogen and oxygen atoms in total. The quantitative estimate of drug-likeness (QED) is 0.579. The Bertz CT molecular complexity index is 170. The normalized spacial score (nSPS) is 35.7. The van der Waals surface area contributed by atoms with Crippen molar-refractivity contribution < 1.29 is 4.79 Å². The summed E-state index contributed by atoms with van der Waals surface area (Å²) in [5, 5.41) is 0. The topological polar surface area (TPSA) is 20.3 Å². The van der Waals surface area contributed by atoms with E-state index in [1.54, 1.807) is 0 Å². The SMILES string of the molecule is CC1CC(C(=O)N2CC(C)C2)C1. The maximum absolute atomic E-state index is 11.6. The van der Waals surface area contributed by atoms with E-state index in [9.17, 15) is 4.79 Å². The van der Waals surface area contributed by atoms with Gasteiger partial charge in [0.15, 0.2) is 0 Å². The van der Waals surface area contributed by atoms with Crippen molar-refractivity contribution in [1.29, 1.82) is 0 Å². The highest BCUT2D eigenvalue weighted by molar-refractivity contribution is 5.80. The fraction of sp³-hybridized carbons (Fsp3) is 0.900. The Morgan fingerprint density at radius 1 is 1.17 bits per heavy atom. The van der Waals surface area contributed by atoms with Gasteiger partial charge in [0.1, 0.15) is 0 Å². The lowest BCUT2D eigenvalue weighted by Crippen LogP contribution is -2.52. The van der Waals surface area contributed by atoms with Gasteiger partial charge in [0.2, 0.25) is 5.91 Å². The first-order valence-corrected chi connectivity index (χ1v) is 4.95. The fourth-order valence-corrected chi connectivity index (χ4v) is 2.24. The van der Waals surface area contributed by atoms with Crippen molar-refractivity contribution in [3.05, 3.63) is 0 Å². The van der Waals surface area contributed by atoms with Gasteiger partial charge in [-0.2, -0.15) is 0 Å². The van der Waals surface area contributed by atoms with Gasteiger partial charge in [-0.3, -0.25) is 4.79 Å². The van der Waals surface area contributed by atoms with Crippen molar-refractivity contribution in [3.63, 3.8) is 0 Å². The Morgan fingerprint density at radius 2 is 1.75 bits per heavy atom. The summed E-state index contributed by atoms with van der Waals surface area (Å²) in [4.78, 5) is 13.6. The first kappa shape index (κ1) is 8.09. The Labute approximate surface area is 73.9 Å². The van der Waals surface area contributed by atoms with Gasteiger partial charge >= 0.3 is 0 Å². The van der Waals surface area contributed by atoms with E-state index >= 15 is 0 Å². The number of likely N-dealkylation sites (tertiary alicyclic amines) is 1. The lowest BCUT2D eigenvalue weighted by molar-refractivity contribution is -0.145. The van der Waals surface area contributed by atoms with Crippen molar-refractivity contribution in [2.45, 2.75) is 26.7 Å². The van der Waals surface area contributed by atoms with Crippen molar-refractivity contribution in [1.82, 2.24) is 4.90 Å². The molecule has 1 aliphatic heterocycles. The molecule has 0 atom stereocenters. The van der Waals surface area contributed by atoms with Crippen LogP contribution in [-0.2, 0) is 4.79 Å². The molecule has 0 aromatic heterocycles. The molecule has 0 N–H and O–H groups in total. The predicted octanol–water partition coefficient (Wildman–Crippen LogP) is 1.51. The van der Waals surface area contributed by atoms with E-state index in [4.69, 9.17) is 0 Å². The summed E-state index contributed by atoms with van der Waals surface area (Å²) in [5.74, 6) is 2.34. The van der Waals surface area contributed by atoms with Gasteiger partial charge < -0.3 is 4.90 Å². The first-order valence-electron chi connectivity index (χ1n) is 4.95. The third kappa shape index (κ3) is 1.23. The highest BCUT2D eigenvalue weighted by Gasteiger charge is 2.37. The predicted molar refractivity (Wildman–Crippen MR) is 47.6 cm³/mol. The van der Waals surface area contributed by atoms with E-state index in [1.807, 2.05) is 4.90 Å². The summed E-state index contributed by atoms with van der Waals surface area (Å²) < 4.78 is 0. The second-order valence-electron chi connectivity index (χ2n) is 4.62. The Balaban J connectivity index is 1.78. The minimum atomic E-state index is 0.382. The Hall–Kier alpha value is -0.530. The fourth-order valence-electron chi connectivity index (χ4n) is 2.24. The van der Waals surface area contributed by atoms with Crippen LogP contribution in [0, 0.1) is 17.8 Å². The lowest BCUT2D eigenvalue weighted by Gasteiger charge is -2.42. The molecule has 1 saturated carbocycles. The van der Waals surface area contributed by atoms with Crippen LogP contribution in [0.2, 0.25) is 0 Å². The lowest BCUT2D eigenvalue weighted by atomic mass is 9.75. The van der Waals surface area contributed by atoms with Crippen LogP contribution < -0.4 is 0 Å². The number of carbonyl (C=O) groups is 1. The molecule has 1 saturated heterocycles. The molecule has 2 fully saturated rings. The molecule has 0 bridgehead atoms. The van der Waals surface area contributed by atoms with Crippen LogP contribution in [-0.4, -0.2) is 23.9 Å². The summed E-state index contributed by atoms with van der Waals surface area (Å²) in [7, 11) is 0. The van der Waals surface area contributed by atoms with Crippen molar-refractivity contribution in [3.8, 4) is 0 Å².